The summed E-state index contributed by atoms with van der Waals surface area (Å²) >= 11 is 0. The Balaban J connectivity index is 1.72. The Morgan fingerprint density at radius 1 is 1.00 bits per heavy atom. The van der Waals surface area contributed by atoms with Crippen LogP contribution in [0.5, 0.6) is 0 Å². The van der Waals surface area contributed by atoms with Gasteiger partial charge >= 0.3 is 0 Å². The Bertz CT molecular complexity index is 983. The van der Waals surface area contributed by atoms with Gasteiger partial charge in [0, 0.05) is 24.2 Å². The van der Waals surface area contributed by atoms with Gasteiger partial charge in [-0.25, -0.2) is 8.78 Å². The van der Waals surface area contributed by atoms with Crippen LogP contribution >= 0.6 is 0 Å². The predicted octanol–water partition coefficient (Wildman–Crippen LogP) is 3.83. The average molecular weight is 354 g/mol. The maximum Gasteiger partial charge on any atom is 0.257 e. The normalized spacial score (nSPS) is 10.6. The molecule has 0 bridgehead atoms. The summed E-state index contributed by atoms with van der Waals surface area (Å²) in [4.78, 5) is 25.6. The van der Waals surface area contributed by atoms with Gasteiger partial charge < -0.3 is 10.2 Å². The van der Waals surface area contributed by atoms with Crippen molar-refractivity contribution < 1.29 is 18.4 Å². The van der Waals surface area contributed by atoms with Gasteiger partial charge in [0.1, 0.15) is 11.6 Å². The molecule has 0 fully saturated rings. The van der Waals surface area contributed by atoms with Gasteiger partial charge in [0.05, 0.1) is 12.1 Å². The fourth-order valence-corrected chi connectivity index (χ4v) is 2.68. The number of nitrogens with zero attached hydrogens (tertiary/aromatic N) is 1. The molecule has 132 valence electrons. The number of nitrogens with one attached hydrogen (secondary N) is 1. The lowest BCUT2D eigenvalue weighted by atomic mass is 10.1. The summed E-state index contributed by atoms with van der Waals surface area (Å²) in [5.74, 6) is -2.85. The number of halogens is 2. The summed E-state index contributed by atoms with van der Waals surface area (Å²) < 4.78 is 26.7. The molecule has 0 saturated heterocycles. The van der Waals surface area contributed by atoms with E-state index >= 15 is 0 Å². The molecular weight excluding hydrogens is 338 g/mol. The van der Waals surface area contributed by atoms with E-state index in [2.05, 4.69) is 5.32 Å². The van der Waals surface area contributed by atoms with Gasteiger partial charge in [-0.3, -0.25) is 9.59 Å². The zero-order valence-corrected chi connectivity index (χ0v) is 14.0. The van der Waals surface area contributed by atoms with Crippen molar-refractivity contribution in [3.05, 3.63) is 77.9 Å². The molecule has 3 aromatic rings. The Morgan fingerprint density at radius 2 is 1.73 bits per heavy atom. The lowest BCUT2D eigenvalue weighted by molar-refractivity contribution is -0.116. The fraction of sp³-hybridized carbons (Fsp3) is 0.100. The number of carbonyl (C=O) groups excluding carboxylic acids is 2. The molecule has 0 aliphatic carbocycles. The first-order valence-corrected chi connectivity index (χ1v) is 7.94. The number of hydrogen-bond acceptors (Lipinski definition) is 2. The molecule has 6 heteroatoms. The second kappa shape index (κ2) is 7.31. The highest BCUT2D eigenvalue weighted by Gasteiger charge is 2.19. The molecule has 3 rings (SSSR count). The predicted molar refractivity (Wildman–Crippen MR) is 95.9 cm³/mol. The standard InChI is InChI=1S/C20H16F2N2O2/c1-24(20(26)16-10-9-14(21)11-17(16)22)12-19(25)23-18-8-4-6-13-5-2-3-7-15(13)18/h2-11H,12H2,1H3,(H,23,25). The van der Waals surface area contributed by atoms with E-state index in [1.807, 2.05) is 36.4 Å². The van der Waals surface area contributed by atoms with Crippen LogP contribution in [0.2, 0.25) is 0 Å². The summed E-state index contributed by atoms with van der Waals surface area (Å²) in [6.45, 7) is -0.265. The van der Waals surface area contributed by atoms with E-state index in [0.29, 0.717) is 11.8 Å². The molecule has 1 N–H and O–H groups in total. The van der Waals surface area contributed by atoms with E-state index < -0.39 is 23.4 Å². The molecule has 0 aromatic heterocycles. The minimum absolute atomic E-state index is 0.265. The van der Waals surface area contributed by atoms with Crippen LogP contribution in [0.3, 0.4) is 0 Å². The number of rotatable bonds is 4. The van der Waals surface area contributed by atoms with Gasteiger partial charge in [-0.1, -0.05) is 36.4 Å². The number of fused-ring (bicyclic) bond motifs is 1. The third-order valence-corrected chi connectivity index (χ3v) is 3.95. The second-order valence-corrected chi connectivity index (χ2v) is 5.86. The van der Waals surface area contributed by atoms with Crippen LogP contribution in [-0.4, -0.2) is 30.3 Å². The van der Waals surface area contributed by atoms with E-state index in [1.165, 1.54) is 7.05 Å². The van der Waals surface area contributed by atoms with Gasteiger partial charge in [-0.15, -0.1) is 0 Å². The van der Waals surface area contributed by atoms with E-state index in [0.717, 1.165) is 27.8 Å². The summed E-state index contributed by atoms with van der Waals surface area (Å²) in [7, 11) is 1.38. The smallest absolute Gasteiger partial charge is 0.257 e. The summed E-state index contributed by atoms with van der Waals surface area (Å²) in [6, 6.07) is 15.8. The van der Waals surface area contributed by atoms with Crippen molar-refractivity contribution in [3.8, 4) is 0 Å². The van der Waals surface area contributed by atoms with E-state index in [9.17, 15) is 18.4 Å². The Hall–Kier alpha value is -3.28. The maximum absolute atomic E-state index is 13.7. The largest absolute Gasteiger partial charge is 0.332 e. The lowest BCUT2D eigenvalue weighted by Gasteiger charge is -2.17. The number of amides is 2. The van der Waals surface area contributed by atoms with Crippen molar-refractivity contribution in [2.45, 2.75) is 0 Å². The van der Waals surface area contributed by atoms with Gasteiger partial charge in [-0.05, 0) is 23.6 Å². The molecule has 26 heavy (non-hydrogen) atoms. The van der Waals surface area contributed by atoms with Gasteiger partial charge in [0.25, 0.3) is 5.91 Å². The molecule has 4 nitrogen and oxygen atoms in total. The molecule has 0 aliphatic heterocycles. The molecule has 0 spiro atoms. The van der Waals surface area contributed by atoms with Crippen LogP contribution in [-0.2, 0) is 4.79 Å². The summed E-state index contributed by atoms with van der Waals surface area (Å²) in [6.07, 6.45) is 0. The molecule has 0 saturated carbocycles. The highest BCUT2D eigenvalue weighted by molar-refractivity contribution is 6.04. The van der Waals surface area contributed by atoms with Crippen molar-refractivity contribution in [2.24, 2.45) is 0 Å². The zero-order chi connectivity index (χ0) is 18.7. The van der Waals surface area contributed by atoms with Gasteiger partial charge in [-0.2, -0.15) is 0 Å². The first-order chi connectivity index (χ1) is 12.5. The van der Waals surface area contributed by atoms with Gasteiger partial charge in [0.2, 0.25) is 5.91 Å². The minimum atomic E-state index is -0.962. The Morgan fingerprint density at radius 3 is 2.50 bits per heavy atom. The molecule has 0 heterocycles. The molecule has 0 radical (unpaired) electrons. The zero-order valence-electron chi connectivity index (χ0n) is 14.0. The average Bonchev–Trinajstić information content (AvgIpc) is 2.61. The van der Waals surface area contributed by atoms with Crippen LogP contribution in [0, 0.1) is 11.6 Å². The molecule has 2 amide bonds. The third kappa shape index (κ3) is 3.69. The highest BCUT2D eigenvalue weighted by Crippen LogP contribution is 2.22. The molecule has 3 aromatic carbocycles. The number of hydrogen-bond donors (Lipinski definition) is 1. The van der Waals surface area contributed by atoms with Crippen molar-refractivity contribution in [3.63, 3.8) is 0 Å². The van der Waals surface area contributed by atoms with Gasteiger partial charge in [0.15, 0.2) is 0 Å². The molecule has 0 atom stereocenters. The van der Waals surface area contributed by atoms with Crippen molar-refractivity contribution in [1.29, 1.82) is 0 Å². The van der Waals surface area contributed by atoms with E-state index in [1.54, 1.807) is 6.07 Å². The minimum Gasteiger partial charge on any atom is -0.332 e. The third-order valence-electron chi connectivity index (χ3n) is 3.95. The number of anilines is 1. The quantitative estimate of drug-likeness (QED) is 0.774. The number of carbonyl (C=O) groups is 2. The van der Waals surface area contributed by atoms with Crippen molar-refractivity contribution in [1.82, 2.24) is 4.90 Å². The molecule has 0 unspecified atom stereocenters. The maximum atomic E-state index is 13.7. The topological polar surface area (TPSA) is 49.4 Å². The highest BCUT2D eigenvalue weighted by atomic mass is 19.1. The first kappa shape index (κ1) is 17.5. The van der Waals surface area contributed by atoms with Crippen LogP contribution in [0.1, 0.15) is 10.4 Å². The van der Waals surface area contributed by atoms with Crippen molar-refractivity contribution in [2.75, 3.05) is 18.9 Å². The monoisotopic (exact) mass is 354 g/mol. The fourth-order valence-electron chi connectivity index (χ4n) is 2.68. The first-order valence-electron chi connectivity index (χ1n) is 7.94. The Labute approximate surface area is 149 Å². The van der Waals surface area contributed by atoms with Crippen LogP contribution in [0.15, 0.2) is 60.7 Å². The lowest BCUT2D eigenvalue weighted by Crippen LogP contribution is -2.35. The summed E-state index contributed by atoms with van der Waals surface area (Å²) in [5, 5.41) is 4.61. The summed E-state index contributed by atoms with van der Waals surface area (Å²) in [5.41, 5.74) is 0.341. The number of likely N-dealkylation sites (N-methyl/N-ethyl adjacent to an activating group) is 1. The molecular formula is C20H16F2N2O2. The van der Waals surface area contributed by atoms with E-state index in [4.69, 9.17) is 0 Å². The van der Waals surface area contributed by atoms with Crippen molar-refractivity contribution >= 4 is 28.3 Å². The second-order valence-electron chi connectivity index (χ2n) is 5.86. The van der Waals surface area contributed by atoms with E-state index in [-0.39, 0.29) is 12.1 Å². The Kier molecular flexibility index (Phi) is 4.93. The van der Waals surface area contributed by atoms with Crippen LogP contribution in [0.4, 0.5) is 14.5 Å². The van der Waals surface area contributed by atoms with Crippen LogP contribution in [0.25, 0.3) is 10.8 Å². The number of benzene rings is 3. The molecule has 0 aliphatic rings. The van der Waals surface area contributed by atoms with Crippen LogP contribution < -0.4 is 5.32 Å². The SMILES string of the molecule is CN(CC(=O)Nc1cccc2ccccc12)C(=O)c1ccc(F)cc1F.